The van der Waals surface area contributed by atoms with Gasteiger partial charge in [0.25, 0.3) is 0 Å². The molecule has 0 radical (unpaired) electrons. The van der Waals surface area contributed by atoms with Crippen LogP contribution in [-0.2, 0) is 6.42 Å². The van der Waals surface area contributed by atoms with Crippen molar-refractivity contribution in [2.24, 2.45) is 0 Å². The van der Waals surface area contributed by atoms with E-state index in [0.29, 0.717) is 5.75 Å². The van der Waals surface area contributed by atoms with Gasteiger partial charge in [0.2, 0.25) is 0 Å². The van der Waals surface area contributed by atoms with E-state index < -0.39 is 0 Å². The van der Waals surface area contributed by atoms with Crippen LogP contribution in [0.2, 0.25) is 0 Å². The molecule has 0 saturated carbocycles. The van der Waals surface area contributed by atoms with Crippen LogP contribution >= 0.6 is 11.3 Å². The van der Waals surface area contributed by atoms with E-state index in [1.54, 1.807) is 24.5 Å². The number of anilines is 1. The molecule has 198 valence electrons. The van der Waals surface area contributed by atoms with Gasteiger partial charge in [0.15, 0.2) is 0 Å². The Kier molecular flexibility index (Phi) is 7.43. The Morgan fingerprint density at radius 2 is 1.63 bits per heavy atom. The predicted molar refractivity (Wildman–Crippen MR) is 157 cm³/mol. The topological polar surface area (TPSA) is 45.2 Å². The van der Waals surface area contributed by atoms with Crippen molar-refractivity contribution >= 4 is 27.1 Å². The molecular weight excluding hydrogens is 492 g/mol. The normalized spacial score (nSPS) is 16.0. The fourth-order valence-electron chi connectivity index (χ4n) is 5.80. The number of phenolic OH excluding ortho intramolecular Hbond substituents is 1. The van der Waals surface area contributed by atoms with Crippen molar-refractivity contribution in [1.82, 2.24) is 4.90 Å². The molecule has 2 saturated heterocycles. The number of aromatic hydroxyl groups is 1. The maximum atomic E-state index is 10.2. The summed E-state index contributed by atoms with van der Waals surface area (Å²) in [6.45, 7) is 6.29. The van der Waals surface area contributed by atoms with Crippen molar-refractivity contribution in [2.45, 2.75) is 32.1 Å². The molecule has 6 heteroatoms. The van der Waals surface area contributed by atoms with E-state index in [0.717, 1.165) is 48.9 Å². The number of likely N-dealkylation sites (tertiary alicyclic amines) is 1. The molecule has 2 fully saturated rings. The predicted octanol–water partition coefficient (Wildman–Crippen LogP) is 6.95. The van der Waals surface area contributed by atoms with Crippen molar-refractivity contribution in [3.63, 3.8) is 0 Å². The van der Waals surface area contributed by atoms with Crippen LogP contribution in [0.25, 0.3) is 20.5 Å². The Morgan fingerprint density at radius 1 is 0.868 bits per heavy atom. The monoisotopic (exact) mass is 528 g/mol. The maximum absolute atomic E-state index is 10.2. The number of rotatable bonds is 9. The van der Waals surface area contributed by atoms with Gasteiger partial charge >= 0.3 is 0 Å². The quantitative estimate of drug-likeness (QED) is 0.255. The van der Waals surface area contributed by atoms with Crippen molar-refractivity contribution < 1.29 is 14.6 Å². The van der Waals surface area contributed by atoms with E-state index in [4.69, 9.17) is 9.47 Å². The largest absolute Gasteiger partial charge is 0.508 e. The fraction of sp³-hybridized carbons (Fsp3) is 0.375. The van der Waals surface area contributed by atoms with Crippen molar-refractivity contribution in [2.75, 3.05) is 51.3 Å². The minimum atomic E-state index is 0.301. The lowest BCUT2D eigenvalue weighted by molar-refractivity contribution is 0.238. The number of phenols is 1. The van der Waals surface area contributed by atoms with Crippen molar-refractivity contribution in [3.8, 4) is 27.7 Å². The molecule has 2 aliphatic rings. The summed E-state index contributed by atoms with van der Waals surface area (Å²) < 4.78 is 13.0. The Balaban J connectivity index is 1.27. The van der Waals surface area contributed by atoms with Crippen LogP contribution in [0.15, 0.2) is 60.7 Å². The molecule has 38 heavy (non-hydrogen) atoms. The first kappa shape index (κ1) is 25.1. The number of methoxy groups -OCH3 is 1. The van der Waals surface area contributed by atoms with Crippen LogP contribution in [0.5, 0.6) is 17.2 Å². The second kappa shape index (κ2) is 11.3. The molecule has 6 rings (SSSR count). The first-order chi connectivity index (χ1) is 18.7. The summed E-state index contributed by atoms with van der Waals surface area (Å²) in [5.74, 6) is 2.16. The number of hydrogen-bond acceptors (Lipinski definition) is 6. The van der Waals surface area contributed by atoms with E-state index >= 15 is 0 Å². The minimum Gasteiger partial charge on any atom is -0.508 e. The molecule has 5 nitrogen and oxygen atoms in total. The molecule has 0 spiro atoms. The van der Waals surface area contributed by atoms with Crippen LogP contribution in [0, 0.1) is 0 Å². The summed E-state index contributed by atoms with van der Waals surface area (Å²) in [6.07, 6.45) is 5.89. The summed E-state index contributed by atoms with van der Waals surface area (Å²) >= 11 is 1.74. The van der Waals surface area contributed by atoms with Gasteiger partial charge in [0, 0.05) is 29.2 Å². The number of fused-ring (bicyclic) bond motifs is 1. The second-order valence-electron chi connectivity index (χ2n) is 10.4. The van der Waals surface area contributed by atoms with Crippen LogP contribution < -0.4 is 14.4 Å². The number of benzene rings is 3. The van der Waals surface area contributed by atoms with Crippen LogP contribution in [0.3, 0.4) is 0 Å². The molecule has 0 amide bonds. The first-order valence-electron chi connectivity index (χ1n) is 13.8. The zero-order valence-electron chi connectivity index (χ0n) is 22.1. The van der Waals surface area contributed by atoms with Gasteiger partial charge in [-0.25, -0.2) is 0 Å². The highest BCUT2D eigenvalue weighted by Crippen LogP contribution is 2.42. The Labute approximate surface area is 229 Å². The average Bonchev–Trinajstić information content (AvgIpc) is 3.71. The summed E-state index contributed by atoms with van der Waals surface area (Å²) in [7, 11) is 1.77. The van der Waals surface area contributed by atoms with Crippen LogP contribution in [0.4, 0.5) is 5.69 Å². The third-order valence-corrected chi connectivity index (χ3v) is 9.08. The zero-order valence-corrected chi connectivity index (χ0v) is 22.9. The Morgan fingerprint density at radius 3 is 2.39 bits per heavy atom. The third-order valence-electron chi connectivity index (χ3n) is 7.84. The van der Waals surface area contributed by atoms with Gasteiger partial charge in [-0.2, -0.15) is 0 Å². The van der Waals surface area contributed by atoms with E-state index in [1.165, 1.54) is 71.4 Å². The first-order valence-corrected chi connectivity index (χ1v) is 14.6. The number of ether oxygens (including phenoxy) is 2. The molecule has 4 aromatic rings. The van der Waals surface area contributed by atoms with Gasteiger partial charge in [0.1, 0.15) is 23.9 Å². The van der Waals surface area contributed by atoms with Gasteiger partial charge in [-0.3, -0.25) is 4.90 Å². The van der Waals surface area contributed by atoms with Gasteiger partial charge in [-0.1, -0.05) is 6.07 Å². The lowest BCUT2D eigenvalue weighted by atomic mass is 9.98. The fourth-order valence-corrected chi connectivity index (χ4v) is 7.06. The smallest absolute Gasteiger partial charge is 0.142 e. The molecule has 2 aliphatic heterocycles. The van der Waals surface area contributed by atoms with E-state index in [1.807, 2.05) is 12.1 Å². The highest BCUT2D eigenvalue weighted by molar-refractivity contribution is 7.22. The zero-order chi connectivity index (χ0) is 25.9. The van der Waals surface area contributed by atoms with E-state index in [2.05, 4.69) is 52.3 Å². The Hall–Kier alpha value is -3.22. The molecule has 1 aromatic heterocycles. The summed E-state index contributed by atoms with van der Waals surface area (Å²) in [5, 5.41) is 11.3. The molecule has 3 heterocycles. The van der Waals surface area contributed by atoms with Gasteiger partial charge in [0.05, 0.1) is 12.8 Å². The maximum Gasteiger partial charge on any atom is 0.142 e. The standard InChI is InChI=1S/C32H36N2O3S/c1-36-30-21-23(6-13-29(30)34-16-4-5-17-34)20-28-27-12-9-25(35)22-31(27)38-32(28)24-7-10-26(11-8-24)37-19-18-33-14-2-3-15-33/h6-13,21-22,35H,2-5,14-20H2,1H3. The summed E-state index contributed by atoms with van der Waals surface area (Å²) in [4.78, 5) is 6.13. The van der Waals surface area contributed by atoms with Crippen molar-refractivity contribution in [3.05, 3.63) is 71.8 Å². The Bertz CT molecular complexity index is 1390. The van der Waals surface area contributed by atoms with Crippen molar-refractivity contribution in [1.29, 1.82) is 0 Å². The molecule has 0 unspecified atom stereocenters. The highest BCUT2D eigenvalue weighted by Gasteiger charge is 2.19. The summed E-state index contributed by atoms with van der Waals surface area (Å²) in [6, 6.07) is 20.8. The average molecular weight is 529 g/mol. The van der Waals surface area contributed by atoms with Gasteiger partial charge < -0.3 is 19.5 Å². The molecule has 1 N–H and O–H groups in total. The minimum absolute atomic E-state index is 0.301. The molecule has 0 atom stereocenters. The third kappa shape index (κ3) is 5.33. The van der Waals surface area contributed by atoms with E-state index in [9.17, 15) is 5.11 Å². The SMILES string of the molecule is COc1cc(Cc2c(-c3ccc(OCCN4CCCC4)cc3)sc3cc(O)ccc23)ccc1N1CCCC1. The summed E-state index contributed by atoms with van der Waals surface area (Å²) in [5.41, 5.74) is 4.87. The number of hydrogen-bond donors (Lipinski definition) is 1. The van der Waals surface area contributed by atoms with Crippen LogP contribution in [-0.4, -0.2) is 56.4 Å². The molecular formula is C32H36N2O3S. The highest BCUT2D eigenvalue weighted by atomic mass is 32.1. The lowest BCUT2D eigenvalue weighted by Gasteiger charge is -2.21. The molecule has 0 aliphatic carbocycles. The number of thiophene rings is 1. The molecule has 0 bridgehead atoms. The van der Waals surface area contributed by atoms with E-state index in [-0.39, 0.29) is 0 Å². The molecule has 3 aromatic carbocycles. The van der Waals surface area contributed by atoms with Gasteiger partial charge in [-0.05, 0) is 122 Å². The number of nitrogens with zero attached hydrogens (tertiary/aromatic N) is 2. The second-order valence-corrected chi connectivity index (χ2v) is 11.4. The van der Waals surface area contributed by atoms with Gasteiger partial charge in [-0.15, -0.1) is 11.3 Å². The lowest BCUT2D eigenvalue weighted by Crippen LogP contribution is -2.25. The van der Waals surface area contributed by atoms with Crippen LogP contribution in [0.1, 0.15) is 36.8 Å².